The van der Waals surface area contributed by atoms with Gasteiger partial charge < -0.3 is 9.88 Å². The maximum atomic E-state index is 12.6. The highest BCUT2D eigenvalue weighted by molar-refractivity contribution is 7.89. The van der Waals surface area contributed by atoms with Crippen molar-refractivity contribution in [1.82, 2.24) is 19.2 Å². The number of hydrogen-bond donors (Lipinski definition) is 1. The van der Waals surface area contributed by atoms with Gasteiger partial charge >= 0.3 is 0 Å². The SMILES string of the molecule is CCNC1CCCN(S(=O)(=O)c2cn(CC)c(C)n2)C1. The van der Waals surface area contributed by atoms with Gasteiger partial charge in [-0.3, -0.25) is 0 Å². The van der Waals surface area contributed by atoms with Gasteiger partial charge in [0.15, 0.2) is 5.03 Å². The predicted octanol–water partition coefficient (Wildman–Crippen LogP) is 0.974. The number of imidazole rings is 1. The quantitative estimate of drug-likeness (QED) is 0.880. The minimum Gasteiger partial charge on any atom is -0.334 e. The molecule has 0 spiro atoms. The van der Waals surface area contributed by atoms with Crippen LogP contribution in [0.5, 0.6) is 0 Å². The largest absolute Gasteiger partial charge is 0.334 e. The molecule has 0 radical (unpaired) electrons. The van der Waals surface area contributed by atoms with Crippen molar-refractivity contribution in [2.45, 2.75) is 51.2 Å². The molecule has 1 N–H and O–H groups in total. The second kappa shape index (κ2) is 6.24. The Morgan fingerprint density at radius 1 is 1.45 bits per heavy atom. The first-order valence-electron chi connectivity index (χ1n) is 7.26. The number of hydrogen-bond acceptors (Lipinski definition) is 4. The molecule has 6 nitrogen and oxygen atoms in total. The number of rotatable bonds is 5. The first-order valence-corrected chi connectivity index (χ1v) is 8.70. The average Bonchev–Trinajstić information content (AvgIpc) is 2.81. The summed E-state index contributed by atoms with van der Waals surface area (Å²) in [5.74, 6) is 0.742. The Kier molecular flexibility index (Phi) is 4.82. The summed E-state index contributed by atoms with van der Waals surface area (Å²) in [4.78, 5) is 4.21. The summed E-state index contributed by atoms with van der Waals surface area (Å²) in [5, 5.41) is 3.51. The van der Waals surface area contributed by atoms with E-state index in [0.29, 0.717) is 13.1 Å². The van der Waals surface area contributed by atoms with Gasteiger partial charge in [0.2, 0.25) is 0 Å². The van der Waals surface area contributed by atoms with E-state index < -0.39 is 10.0 Å². The summed E-state index contributed by atoms with van der Waals surface area (Å²) in [5.41, 5.74) is 0. The van der Waals surface area contributed by atoms with E-state index in [1.54, 1.807) is 10.5 Å². The predicted molar refractivity (Wildman–Crippen MR) is 78.1 cm³/mol. The molecule has 0 bridgehead atoms. The Balaban J connectivity index is 2.20. The van der Waals surface area contributed by atoms with Gasteiger partial charge in [0.25, 0.3) is 10.0 Å². The van der Waals surface area contributed by atoms with Crippen LogP contribution >= 0.6 is 0 Å². The highest BCUT2D eigenvalue weighted by Crippen LogP contribution is 2.20. The molecule has 0 aliphatic carbocycles. The molecule has 1 saturated heterocycles. The normalized spacial score (nSPS) is 21.2. The summed E-state index contributed by atoms with van der Waals surface area (Å²) in [6.07, 6.45) is 3.56. The zero-order valence-corrected chi connectivity index (χ0v) is 13.3. The van der Waals surface area contributed by atoms with Crippen molar-refractivity contribution in [3.8, 4) is 0 Å². The van der Waals surface area contributed by atoms with E-state index in [-0.39, 0.29) is 11.1 Å². The van der Waals surface area contributed by atoms with Crippen molar-refractivity contribution in [3.63, 3.8) is 0 Å². The summed E-state index contributed by atoms with van der Waals surface area (Å²) in [7, 11) is -3.46. The number of aryl methyl sites for hydroxylation is 2. The minimum absolute atomic E-state index is 0.175. The third-order valence-corrected chi connectivity index (χ3v) is 5.51. The molecule has 1 aliphatic heterocycles. The first-order chi connectivity index (χ1) is 9.48. The van der Waals surface area contributed by atoms with E-state index in [2.05, 4.69) is 10.3 Å². The fourth-order valence-electron chi connectivity index (χ4n) is 2.67. The van der Waals surface area contributed by atoms with Crippen molar-refractivity contribution in [2.24, 2.45) is 0 Å². The van der Waals surface area contributed by atoms with Gasteiger partial charge in [-0.15, -0.1) is 0 Å². The van der Waals surface area contributed by atoms with Gasteiger partial charge in [0.1, 0.15) is 5.82 Å². The molecular weight excluding hydrogens is 276 g/mol. The van der Waals surface area contributed by atoms with Gasteiger partial charge in [-0.25, -0.2) is 13.4 Å². The van der Waals surface area contributed by atoms with E-state index in [9.17, 15) is 8.42 Å². The molecular formula is C13H24N4O2S. The van der Waals surface area contributed by atoms with Crippen molar-refractivity contribution in [1.29, 1.82) is 0 Å². The topological polar surface area (TPSA) is 67.2 Å². The lowest BCUT2D eigenvalue weighted by molar-refractivity contribution is 0.285. The average molecular weight is 300 g/mol. The number of sulfonamides is 1. The molecule has 114 valence electrons. The maximum absolute atomic E-state index is 12.6. The molecule has 2 heterocycles. The highest BCUT2D eigenvalue weighted by atomic mass is 32.2. The fraction of sp³-hybridized carbons (Fsp3) is 0.769. The fourth-order valence-corrected chi connectivity index (χ4v) is 4.19. The van der Waals surface area contributed by atoms with E-state index >= 15 is 0 Å². The van der Waals surface area contributed by atoms with Crippen LogP contribution in [0.2, 0.25) is 0 Å². The molecule has 2 rings (SSSR count). The van der Waals surface area contributed by atoms with Crippen molar-refractivity contribution < 1.29 is 8.42 Å². The summed E-state index contributed by atoms with van der Waals surface area (Å²) in [6, 6.07) is 0.248. The zero-order chi connectivity index (χ0) is 14.8. The molecule has 1 aromatic heterocycles. The lowest BCUT2D eigenvalue weighted by atomic mass is 10.1. The number of nitrogens with zero attached hydrogens (tertiary/aromatic N) is 3. The summed E-state index contributed by atoms with van der Waals surface area (Å²) < 4.78 is 28.7. The van der Waals surface area contributed by atoms with E-state index in [4.69, 9.17) is 0 Å². The molecule has 1 unspecified atom stereocenters. The maximum Gasteiger partial charge on any atom is 0.262 e. The third-order valence-electron chi connectivity index (χ3n) is 3.78. The van der Waals surface area contributed by atoms with Crippen LogP contribution in [0.15, 0.2) is 11.2 Å². The second-order valence-corrected chi connectivity index (χ2v) is 7.06. The van der Waals surface area contributed by atoms with Gasteiger partial charge in [-0.1, -0.05) is 6.92 Å². The Hall–Kier alpha value is -0.920. The number of likely N-dealkylation sites (N-methyl/N-ethyl adjacent to an activating group) is 1. The summed E-state index contributed by atoms with van der Waals surface area (Å²) >= 11 is 0. The van der Waals surface area contributed by atoms with Crippen LogP contribution in [0, 0.1) is 6.92 Å². The smallest absolute Gasteiger partial charge is 0.262 e. The van der Waals surface area contributed by atoms with Gasteiger partial charge in [0, 0.05) is 31.9 Å². The second-order valence-electron chi connectivity index (χ2n) is 5.17. The highest BCUT2D eigenvalue weighted by Gasteiger charge is 2.31. The molecule has 1 aromatic rings. The lowest BCUT2D eigenvalue weighted by Gasteiger charge is -2.31. The van der Waals surface area contributed by atoms with E-state index in [1.807, 2.05) is 25.3 Å². The van der Waals surface area contributed by atoms with Crippen LogP contribution in [0.4, 0.5) is 0 Å². The number of piperidine rings is 1. The Labute approximate surface area is 121 Å². The zero-order valence-electron chi connectivity index (χ0n) is 12.5. The van der Waals surface area contributed by atoms with Crippen LogP contribution in [0.1, 0.15) is 32.5 Å². The van der Waals surface area contributed by atoms with Crippen molar-refractivity contribution in [2.75, 3.05) is 19.6 Å². The Morgan fingerprint density at radius 2 is 2.20 bits per heavy atom. The van der Waals surface area contributed by atoms with Crippen LogP contribution < -0.4 is 5.32 Å². The third kappa shape index (κ3) is 3.05. The molecule has 0 aromatic carbocycles. The molecule has 0 saturated carbocycles. The number of aromatic nitrogens is 2. The van der Waals surface area contributed by atoms with Crippen LogP contribution in [-0.4, -0.2) is 48.0 Å². The Morgan fingerprint density at radius 3 is 2.80 bits per heavy atom. The van der Waals surface area contributed by atoms with Gasteiger partial charge in [-0.05, 0) is 33.2 Å². The molecule has 0 amide bonds. The van der Waals surface area contributed by atoms with Gasteiger partial charge in [-0.2, -0.15) is 4.31 Å². The van der Waals surface area contributed by atoms with Crippen molar-refractivity contribution >= 4 is 10.0 Å². The van der Waals surface area contributed by atoms with Crippen LogP contribution in [0.3, 0.4) is 0 Å². The Bertz CT molecular complexity index is 551. The van der Waals surface area contributed by atoms with Gasteiger partial charge in [0.05, 0.1) is 0 Å². The van der Waals surface area contributed by atoms with E-state index in [0.717, 1.165) is 31.8 Å². The first kappa shape index (κ1) is 15.5. The molecule has 1 fully saturated rings. The van der Waals surface area contributed by atoms with Crippen LogP contribution in [0.25, 0.3) is 0 Å². The number of nitrogens with one attached hydrogen (secondary N) is 1. The molecule has 1 aliphatic rings. The molecule has 20 heavy (non-hydrogen) atoms. The minimum atomic E-state index is -3.46. The molecule has 7 heteroatoms. The molecule has 1 atom stereocenters. The van der Waals surface area contributed by atoms with E-state index in [1.165, 1.54) is 0 Å². The standard InChI is InChI=1S/C13H24N4O2S/c1-4-14-12-7-6-8-17(9-12)20(18,19)13-10-16(5-2)11(3)15-13/h10,12,14H,4-9H2,1-3H3. The van der Waals surface area contributed by atoms with Crippen molar-refractivity contribution in [3.05, 3.63) is 12.0 Å². The lowest BCUT2D eigenvalue weighted by Crippen LogP contribution is -2.47. The van der Waals surface area contributed by atoms with Crippen LogP contribution in [-0.2, 0) is 16.6 Å². The summed E-state index contributed by atoms with van der Waals surface area (Å²) in [6.45, 7) is 8.57. The monoisotopic (exact) mass is 300 g/mol.